The Hall–Kier alpha value is -2.09. The summed E-state index contributed by atoms with van der Waals surface area (Å²) < 4.78 is 18.0. The van der Waals surface area contributed by atoms with E-state index in [0.29, 0.717) is 29.1 Å². The van der Waals surface area contributed by atoms with Gasteiger partial charge in [-0.05, 0) is 32.9 Å². The molecular formula is C15H21N3O4S. The van der Waals surface area contributed by atoms with Crippen molar-refractivity contribution in [1.29, 1.82) is 0 Å². The van der Waals surface area contributed by atoms with E-state index in [1.807, 2.05) is 20.8 Å². The molecule has 2 amide bonds. The normalized spacial score (nSPS) is 13.0. The van der Waals surface area contributed by atoms with Gasteiger partial charge in [0.05, 0.1) is 5.52 Å². The molecule has 0 aliphatic rings. The van der Waals surface area contributed by atoms with Crippen molar-refractivity contribution in [2.24, 2.45) is 7.05 Å². The van der Waals surface area contributed by atoms with Gasteiger partial charge in [-0.25, -0.2) is 9.59 Å². The van der Waals surface area contributed by atoms with Gasteiger partial charge in [-0.2, -0.15) is 0 Å². The maximum absolute atomic E-state index is 11.9. The van der Waals surface area contributed by atoms with Gasteiger partial charge < -0.3 is 15.1 Å². The molecule has 8 heteroatoms. The number of nitrogens with one attached hydrogen (secondary N) is 2. The van der Waals surface area contributed by atoms with Crippen LogP contribution < -0.4 is 16.4 Å². The number of carbonyl (C=O) groups excluding carboxylic acids is 1. The Morgan fingerprint density at radius 1 is 1.35 bits per heavy atom. The van der Waals surface area contributed by atoms with Crippen LogP contribution in [-0.2, 0) is 17.8 Å². The Balaban J connectivity index is 1.93. The molecule has 0 unspecified atom stereocenters. The third-order valence-corrected chi connectivity index (χ3v) is 5.25. The molecular weight excluding hydrogens is 318 g/mol. The zero-order valence-corrected chi connectivity index (χ0v) is 14.5. The highest BCUT2D eigenvalue weighted by Crippen LogP contribution is 2.17. The Morgan fingerprint density at radius 2 is 2.04 bits per heavy atom. The van der Waals surface area contributed by atoms with Crippen molar-refractivity contribution in [1.82, 2.24) is 9.88 Å². The summed E-state index contributed by atoms with van der Waals surface area (Å²) in [6, 6.07) is 4.58. The molecule has 0 bridgehead atoms. The first-order valence-corrected chi connectivity index (χ1v) is 8.53. The van der Waals surface area contributed by atoms with Crippen molar-refractivity contribution in [2.45, 2.75) is 25.5 Å². The number of carbonyl (C=O) groups is 1. The number of benzene rings is 1. The van der Waals surface area contributed by atoms with Gasteiger partial charge in [0.2, 0.25) is 0 Å². The van der Waals surface area contributed by atoms with E-state index in [-0.39, 0.29) is 4.75 Å². The lowest BCUT2D eigenvalue weighted by Gasteiger charge is -2.17. The van der Waals surface area contributed by atoms with Gasteiger partial charge >= 0.3 is 11.8 Å². The number of hydrogen-bond donors (Lipinski definition) is 2. The highest BCUT2D eigenvalue weighted by Gasteiger charge is 2.18. The third-order valence-electron chi connectivity index (χ3n) is 3.31. The van der Waals surface area contributed by atoms with Crippen LogP contribution in [0.3, 0.4) is 0 Å². The molecule has 1 aromatic heterocycles. The smallest absolute Gasteiger partial charge is 0.408 e. The van der Waals surface area contributed by atoms with E-state index in [1.54, 1.807) is 25.2 Å². The van der Waals surface area contributed by atoms with Gasteiger partial charge in [-0.15, -0.1) is 0 Å². The summed E-state index contributed by atoms with van der Waals surface area (Å²) in [5.74, 6) is -0.0602. The molecule has 23 heavy (non-hydrogen) atoms. The predicted octanol–water partition coefficient (Wildman–Crippen LogP) is 1.80. The van der Waals surface area contributed by atoms with Crippen LogP contribution in [0.5, 0.6) is 0 Å². The fourth-order valence-corrected chi connectivity index (χ4v) is 2.85. The summed E-state index contributed by atoms with van der Waals surface area (Å²) in [5, 5.41) is 5.31. The third kappa shape index (κ3) is 4.22. The Morgan fingerprint density at radius 3 is 2.70 bits per heavy atom. The van der Waals surface area contributed by atoms with E-state index in [0.717, 1.165) is 0 Å². The van der Waals surface area contributed by atoms with Crippen molar-refractivity contribution < 1.29 is 13.4 Å². The minimum atomic E-state index is -1.01. The van der Waals surface area contributed by atoms with Gasteiger partial charge in [0, 0.05) is 46.6 Å². The summed E-state index contributed by atoms with van der Waals surface area (Å²) in [5.41, 5.74) is 1.58. The monoisotopic (exact) mass is 339 g/mol. The average molecular weight is 339 g/mol. The van der Waals surface area contributed by atoms with Gasteiger partial charge in [-0.1, -0.05) is 0 Å². The van der Waals surface area contributed by atoms with Crippen LogP contribution in [0, 0.1) is 0 Å². The van der Waals surface area contributed by atoms with Crippen molar-refractivity contribution in [3.8, 4) is 0 Å². The molecule has 0 aliphatic heterocycles. The van der Waals surface area contributed by atoms with Gasteiger partial charge in [0.25, 0.3) is 0 Å². The molecule has 2 rings (SSSR count). The molecule has 0 aliphatic carbocycles. The van der Waals surface area contributed by atoms with E-state index in [9.17, 15) is 13.8 Å². The van der Waals surface area contributed by atoms with E-state index < -0.39 is 22.6 Å². The minimum Gasteiger partial charge on any atom is -0.408 e. The average Bonchev–Trinajstić information content (AvgIpc) is 2.72. The van der Waals surface area contributed by atoms with E-state index in [2.05, 4.69) is 10.6 Å². The Bertz CT molecular complexity index is 801. The van der Waals surface area contributed by atoms with Crippen LogP contribution in [-0.4, -0.2) is 31.9 Å². The molecule has 0 saturated carbocycles. The molecule has 2 aromatic rings. The first-order valence-electron chi connectivity index (χ1n) is 7.21. The lowest BCUT2D eigenvalue weighted by molar-refractivity contribution is 0.252. The second-order valence-electron chi connectivity index (χ2n) is 6.15. The maximum atomic E-state index is 11.9. The van der Waals surface area contributed by atoms with Gasteiger partial charge in [0.15, 0.2) is 5.58 Å². The molecule has 1 atom stereocenters. The molecule has 2 N–H and O–H groups in total. The maximum Gasteiger partial charge on any atom is 0.419 e. The molecule has 0 saturated heterocycles. The molecule has 0 spiro atoms. The number of aromatic nitrogens is 1. The van der Waals surface area contributed by atoms with Crippen LogP contribution in [0.2, 0.25) is 0 Å². The van der Waals surface area contributed by atoms with Crippen LogP contribution in [0.1, 0.15) is 20.8 Å². The van der Waals surface area contributed by atoms with Crippen molar-refractivity contribution in [2.75, 3.05) is 17.6 Å². The number of oxazole rings is 1. The highest BCUT2D eigenvalue weighted by atomic mass is 32.2. The first-order chi connectivity index (χ1) is 10.7. The zero-order chi connectivity index (χ0) is 17.2. The number of aryl methyl sites for hydroxylation is 1. The number of amides is 2. The second kappa shape index (κ2) is 6.57. The number of anilines is 1. The lowest BCUT2D eigenvalue weighted by Crippen LogP contribution is -2.35. The number of rotatable bonds is 4. The summed E-state index contributed by atoms with van der Waals surface area (Å²) in [6.45, 7) is 6.00. The molecule has 1 aromatic carbocycles. The fraction of sp³-hybridized carbons (Fsp3) is 0.467. The van der Waals surface area contributed by atoms with Crippen LogP contribution in [0.25, 0.3) is 11.1 Å². The van der Waals surface area contributed by atoms with Crippen molar-refractivity contribution in [3.05, 3.63) is 28.7 Å². The van der Waals surface area contributed by atoms with Gasteiger partial charge in [0.1, 0.15) is 0 Å². The fourth-order valence-electron chi connectivity index (χ4n) is 1.95. The van der Waals surface area contributed by atoms with E-state index in [4.69, 9.17) is 4.42 Å². The number of nitrogens with zero attached hydrogens (tertiary/aromatic N) is 1. The van der Waals surface area contributed by atoms with Crippen LogP contribution in [0.15, 0.2) is 27.4 Å². The zero-order valence-electron chi connectivity index (χ0n) is 13.6. The number of urea groups is 1. The molecule has 0 fully saturated rings. The first kappa shape index (κ1) is 17.3. The molecule has 7 nitrogen and oxygen atoms in total. The lowest BCUT2D eigenvalue weighted by atomic mass is 10.3. The summed E-state index contributed by atoms with van der Waals surface area (Å²) in [6.07, 6.45) is 0. The van der Waals surface area contributed by atoms with E-state index >= 15 is 0 Å². The van der Waals surface area contributed by atoms with E-state index in [1.165, 1.54) is 4.57 Å². The van der Waals surface area contributed by atoms with Crippen LogP contribution >= 0.6 is 0 Å². The Kier molecular flexibility index (Phi) is 4.93. The van der Waals surface area contributed by atoms with Crippen molar-refractivity contribution >= 4 is 33.6 Å². The number of fused-ring (bicyclic) bond motifs is 1. The van der Waals surface area contributed by atoms with Gasteiger partial charge in [-0.3, -0.25) is 8.78 Å². The topological polar surface area (TPSA) is 93.3 Å². The summed E-state index contributed by atoms with van der Waals surface area (Å²) >= 11 is 0. The van der Waals surface area contributed by atoms with Crippen molar-refractivity contribution in [3.63, 3.8) is 0 Å². The minimum absolute atomic E-state index is 0.298. The largest absolute Gasteiger partial charge is 0.419 e. The molecule has 126 valence electrons. The molecule has 0 radical (unpaired) electrons. The highest BCUT2D eigenvalue weighted by molar-refractivity contribution is 7.86. The summed E-state index contributed by atoms with van der Waals surface area (Å²) in [4.78, 5) is 23.3. The predicted molar refractivity (Wildman–Crippen MR) is 91.2 cm³/mol. The standard InChI is InChI=1S/C15H21N3O4S/c1-15(2,3)23(21)8-7-16-13(19)17-10-5-6-11-12(9-10)22-14(20)18(11)4/h5-6,9H,7-8H2,1-4H3,(H2,16,17,19)/t23-/m1/s1. The molecule has 1 heterocycles. The number of hydrogen-bond acceptors (Lipinski definition) is 4. The Labute approximate surface area is 136 Å². The quantitative estimate of drug-likeness (QED) is 0.888. The van der Waals surface area contributed by atoms with Crippen LogP contribution in [0.4, 0.5) is 10.5 Å². The SMILES string of the molecule is Cn1c(=O)oc2cc(NC(=O)NCC[S@@](=O)C(C)(C)C)ccc21. The summed E-state index contributed by atoms with van der Waals surface area (Å²) in [7, 11) is 0.601. The second-order valence-corrected chi connectivity index (χ2v) is 8.48.